The zero-order chi connectivity index (χ0) is 11.4. The summed E-state index contributed by atoms with van der Waals surface area (Å²) in [6.45, 7) is 2.54. The van der Waals surface area contributed by atoms with E-state index in [-0.39, 0.29) is 13.0 Å². The van der Waals surface area contributed by atoms with E-state index < -0.39 is 30.4 Å². The molecule has 0 saturated carbocycles. The van der Waals surface area contributed by atoms with E-state index in [0.29, 0.717) is 0 Å². The minimum absolute atomic E-state index is 0.0265. The SMILES string of the molecule is CC(=O)OC1C[C@@H](O)OC[C@H]1OC(C)=O. The summed E-state index contributed by atoms with van der Waals surface area (Å²) in [5, 5.41) is 9.19. The monoisotopic (exact) mass is 218 g/mol. The number of aliphatic hydroxyl groups is 1. The number of rotatable bonds is 2. The van der Waals surface area contributed by atoms with Crippen molar-refractivity contribution in [1.29, 1.82) is 0 Å². The van der Waals surface area contributed by atoms with E-state index >= 15 is 0 Å². The molecule has 0 amide bonds. The van der Waals surface area contributed by atoms with Crippen LogP contribution in [0.4, 0.5) is 0 Å². The Labute approximate surface area is 87.1 Å². The van der Waals surface area contributed by atoms with Crippen molar-refractivity contribution >= 4 is 11.9 Å². The molecule has 0 aromatic heterocycles. The van der Waals surface area contributed by atoms with Crippen molar-refractivity contribution in [3.63, 3.8) is 0 Å². The van der Waals surface area contributed by atoms with E-state index in [1.54, 1.807) is 0 Å². The minimum atomic E-state index is -0.985. The molecule has 0 spiro atoms. The number of carbonyl (C=O) groups excluding carboxylic acids is 2. The number of hydrogen-bond acceptors (Lipinski definition) is 6. The molecule has 86 valence electrons. The summed E-state index contributed by atoms with van der Waals surface area (Å²) in [7, 11) is 0. The molecule has 0 bridgehead atoms. The van der Waals surface area contributed by atoms with Gasteiger partial charge in [-0.25, -0.2) is 0 Å². The molecule has 15 heavy (non-hydrogen) atoms. The van der Waals surface area contributed by atoms with Gasteiger partial charge in [0.25, 0.3) is 0 Å². The average molecular weight is 218 g/mol. The molecular weight excluding hydrogens is 204 g/mol. The number of esters is 2. The van der Waals surface area contributed by atoms with Crippen LogP contribution in [-0.4, -0.2) is 42.1 Å². The molecule has 1 aliphatic heterocycles. The third-order valence-electron chi connectivity index (χ3n) is 1.94. The smallest absolute Gasteiger partial charge is 0.303 e. The Kier molecular flexibility index (Phi) is 4.05. The summed E-state index contributed by atoms with van der Waals surface area (Å²) < 4.78 is 14.7. The van der Waals surface area contributed by atoms with Crippen LogP contribution in [-0.2, 0) is 23.8 Å². The van der Waals surface area contributed by atoms with Crippen molar-refractivity contribution in [3.05, 3.63) is 0 Å². The fourth-order valence-corrected chi connectivity index (χ4v) is 1.39. The predicted octanol–water partition coefficient (Wildman–Crippen LogP) is -0.411. The maximum atomic E-state index is 10.8. The lowest BCUT2D eigenvalue weighted by atomic mass is 10.1. The van der Waals surface area contributed by atoms with Crippen LogP contribution in [0.2, 0.25) is 0 Å². The van der Waals surface area contributed by atoms with Gasteiger partial charge in [0.05, 0.1) is 6.61 Å². The van der Waals surface area contributed by atoms with Crippen LogP contribution in [0.1, 0.15) is 20.3 Å². The lowest BCUT2D eigenvalue weighted by Gasteiger charge is -2.32. The Balaban J connectivity index is 2.57. The Morgan fingerprint density at radius 1 is 1.20 bits per heavy atom. The maximum absolute atomic E-state index is 10.8. The van der Waals surface area contributed by atoms with Crippen molar-refractivity contribution in [2.75, 3.05) is 6.61 Å². The van der Waals surface area contributed by atoms with Gasteiger partial charge in [-0.05, 0) is 0 Å². The molecule has 1 rings (SSSR count). The summed E-state index contributed by atoms with van der Waals surface area (Å²) in [6.07, 6.45) is -2.16. The van der Waals surface area contributed by atoms with E-state index in [4.69, 9.17) is 14.2 Å². The first-order chi connectivity index (χ1) is 6.99. The minimum Gasteiger partial charge on any atom is -0.458 e. The summed E-state index contributed by atoms with van der Waals surface area (Å²) in [4.78, 5) is 21.5. The van der Waals surface area contributed by atoms with Crippen molar-refractivity contribution in [2.24, 2.45) is 0 Å². The number of aliphatic hydroxyl groups excluding tert-OH is 1. The molecule has 1 fully saturated rings. The van der Waals surface area contributed by atoms with Gasteiger partial charge in [-0.15, -0.1) is 0 Å². The van der Waals surface area contributed by atoms with Gasteiger partial charge in [0, 0.05) is 20.3 Å². The topological polar surface area (TPSA) is 82.1 Å². The quantitative estimate of drug-likeness (QED) is 0.634. The van der Waals surface area contributed by atoms with Crippen molar-refractivity contribution in [1.82, 2.24) is 0 Å². The molecule has 6 heteroatoms. The molecule has 3 atom stereocenters. The Bertz CT molecular complexity index is 251. The van der Waals surface area contributed by atoms with Gasteiger partial charge in [0.1, 0.15) is 6.10 Å². The molecule has 1 aliphatic rings. The standard InChI is InChI=1S/C9H14O6/c1-5(10)14-7-3-9(12)13-4-8(7)15-6(2)11/h7-9,12H,3-4H2,1-2H3/t7?,8-,9+/m1/s1. The zero-order valence-electron chi connectivity index (χ0n) is 8.63. The summed E-state index contributed by atoms with van der Waals surface area (Å²) >= 11 is 0. The van der Waals surface area contributed by atoms with E-state index in [1.165, 1.54) is 13.8 Å². The molecule has 0 radical (unpaired) electrons. The lowest BCUT2D eigenvalue weighted by molar-refractivity contribution is -0.216. The van der Waals surface area contributed by atoms with Crippen LogP contribution < -0.4 is 0 Å². The molecule has 1 heterocycles. The molecule has 6 nitrogen and oxygen atoms in total. The summed E-state index contributed by atoms with van der Waals surface area (Å²) in [6, 6.07) is 0. The fraction of sp³-hybridized carbons (Fsp3) is 0.778. The van der Waals surface area contributed by atoms with Crippen molar-refractivity contribution < 1.29 is 28.9 Å². The Hall–Kier alpha value is -1.14. The molecule has 1 unspecified atom stereocenters. The zero-order valence-corrected chi connectivity index (χ0v) is 8.63. The summed E-state index contributed by atoms with van der Waals surface area (Å²) in [5.41, 5.74) is 0. The van der Waals surface area contributed by atoms with Gasteiger partial charge in [-0.1, -0.05) is 0 Å². The highest BCUT2D eigenvalue weighted by atomic mass is 16.6. The van der Waals surface area contributed by atoms with Gasteiger partial charge in [0.2, 0.25) is 0 Å². The average Bonchev–Trinajstić information content (AvgIpc) is 2.08. The first-order valence-electron chi connectivity index (χ1n) is 4.63. The van der Waals surface area contributed by atoms with Crippen LogP contribution in [0.15, 0.2) is 0 Å². The predicted molar refractivity (Wildman–Crippen MR) is 47.7 cm³/mol. The first-order valence-corrected chi connectivity index (χ1v) is 4.63. The van der Waals surface area contributed by atoms with Crippen LogP contribution >= 0.6 is 0 Å². The second kappa shape index (κ2) is 5.09. The maximum Gasteiger partial charge on any atom is 0.303 e. The second-order valence-corrected chi connectivity index (χ2v) is 3.32. The highest BCUT2D eigenvalue weighted by Crippen LogP contribution is 2.19. The number of ether oxygens (including phenoxy) is 3. The molecule has 0 aliphatic carbocycles. The van der Waals surface area contributed by atoms with Crippen LogP contribution in [0.5, 0.6) is 0 Å². The Morgan fingerprint density at radius 2 is 1.73 bits per heavy atom. The molecule has 0 aromatic rings. The van der Waals surface area contributed by atoms with Gasteiger partial charge in [0.15, 0.2) is 12.4 Å². The first kappa shape index (κ1) is 11.9. The molecule has 1 N–H and O–H groups in total. The normalized spacial score (nSPS) is 30.7. The van der Waals surface area contributed by atoms with E-state index in [1.807, 2.05) is 0 Å². The third-order valence-corrected chi connectivity index (χ3v) is 1.94. The number of carbonyl (C=O) groups is 2. The van der Waals surface area contributed by atoms with Gasteiger partial charge >= 0.3 is 11.9 Å². The fourth-order valence-electron chi connectivity index (χ4n) is 1.39. The third kappa shape index (κ3) is 3.85. The van der Waals surface area contributed by atoms with Crippen molar-refractivity contribution in [2.45, 2.75) is 38.8 Å². The highest BCUT2D eigenvalue weighted by Gasteiger charge is 2.34. The second-order valence-electron chi connectivity index (χ2n) is 3.32. The lowest BCUT2D eigenvalue weighted by Crippen LogP contribution is -2.45. The van der Waals surface area contributed by atoms with Crippen molar-refractivity contribution in [3.8, 4) is 0 Å². The molecule has 0 aromatic carbocycles. The largest absolute Gasteiger partial charge is 0.458 e. The van der Waals surface area contributed by atoms with Gasteiger partial charge < -0.3 is 19.3 Å². The highest BCUT2D eigenvalue weighted by molar-refractivity contribution is 5.67. The summed E-state index contributed by atoms with van der Waals surface area (Å²) in [5.74, 6) is -0.955. The number of hydrogen-bond donors (Lipinski definition) is 1. The van der Waals surface area contributed by atoms with Crippen LogP contribution in [0.3, 0.4) is 0 Å². The van der Waals surface area contributed by atoms with E-state index in [9.17, 15) is 14.7 Å². The van der Waals surface area contributed by atoms with Gasteiger partial charge in [-0.2, -0.15) is 0 Å². The van der Waals surface area contributed by atoms with Crippen LogP contribution in [0.25, 0.3) is 0 Å². The van der Waals surface area contributed by atoms with E-state index in [2.05, 4.69) is 0 Å². The van der Waals surface area contributed by atoms with E-state index in [0.717, 1.165) is 0 Å². The molecular formula is C9H14O6. The van der Waals surface area contributed by atoms with Crippen LogP contribution in [0, 0.1) is 0 Å². The molecule has 1 saturated heterocycles. The van der Waals surface area contributed by atoms with Gasteiger partial charge in [-0.3, -0.25) is 9.59 Å². The Morgan fingerprint density at radius 3 is 2.27 bits per heavy atom.